The summed E-state index contributed by atoms with van der Waals surface area (Å²) in [6.45, 7) is 3.26. The highest BCUT2D eigenvalue weighted by molar-refractivity contribution is 7.92. The molecule has 0 heterocycles. The molecule has 12 heteroatoms. The van der Waals surface area contributed by atoms with E-state index in [1.54, 1.807) is 31.2 Å². The van der Waals surface area contributed by atoms with Gasteiger partial charge in [0.1, 0.15) is 12.6 Å². The van der Waals surface area contributed by atoms with Gasteiger partial charge in [0.05, 0.1) is 16.9 Å². The molecular weight excluding hydrogens is 580 g/mol. The molecule has 0 bridgehead atoms. The highest BCUT2D eigenvalue weighted by Crippen LogP contribution is 2.28. The van der Waals surface area contributed by atoms with Gasteiger partial charge in [0, 0.05) is 36.7 Å². The van der Waals surface area contributed by atoms with Crippen LogP contribution >= 0.6 is 11.6 Å². The van der Waals surface area contributed by atoms with E-state index in [1.807, 2.05) is 37.3 Å². The Morgan fingerprint density at radius 2 is 1.71 bits per heavy atom. The van der Waals surface area contributed by atoms with Crippen molar-refractivity contribution in [2.24, 2.45) is 0 Å². The number of halogens is 1. The fourth-order valence-electron chi connectivity index (χ4n) is 4.45. The van der Waals surface area contributed by atoms with E-state index in [-0.39, 0.29) is 30.2 Å². The molecule has 3 rings (SSSR count). The molecule has 0 saturated heterocycles. The first kappa shape index (κ1) is 32.6. The van der Waals surface area contributed by atoms with E-state index in [9.17, 15) is 28.1 Å². The lowest BCUT2D eigenvalue weighted by Gasteiger charge is -2.34. The quantitative estimate of drug-likeness (QED) is 0.156. The average Bonchev–Trinajstić information content (AvgIpc) is 2.94. The molecule has 3 aromatic carbocycles. The number of anilines is 1. The number of carbonyl (C=O) groups excluding carboxylic acids is 2. The molecule has 2 amide bonds. The summed E-state index contributed by atoms with van der Waals surface area (Å²) in [5, 5.41) is 14.7. The van der Waals surface area contributed by atoms with Crippen molar-refractivity contribution in [1.82, 2.24) is 10.2 Å². The van der Waals surface area contributed by atoms with Crippen molar-refractivity contribution < 1.29 is 22.9 Å². The monoisotopic (exact) mass is 614 g/mol. The minimum Gasteiger partial charge on any atom is -0.354 e. The number of nitrogens with zero attached hydrogens (tertiary/aromatic N) is 3. The smallest absolute Gasteiger partial charge is 0.271 e. The summed E-state index contributed by atoms with van der Waals surface area (Å²) >= 11 is 6.45. The third kappa shape index (κ3) is 8.77. The zero-order chi connectivity index (χ0) is 30.9. The van der Waals surface area contributed by atoms with Crippen LogP contribution in [-0.2, 0) is 32.6 Å². The number of nitro groups is 1. The van der Waals surface area contributed by atoms with Crippen LogP contribution < -0.4 is 9.62 Å². The minimum atomic E-state index is -4.08. The van der Waals surface area contributed by atoms with Crippen molar-refractivity contribution >= 4 is 44.8 Å². The van der Waals surface area contributed by atoms with Crippen molar-refractivity contribution in [3.8, 4) is 0 Å². The van der Waals surface area contributed by atoms with Crippen LogP contribution in [0.3, 0.4) is 0 Å². The van der Waals surface area contributed by atoms with Gasteiger partial charge in [-0.1, -0.05) is 79.5 Å². The molecule has 10 nitrogen and oxygen atoms in total. The number of hydrogen-bond donors (Lipinski definition) is 1. The lowest BCUT2D eigenvalue weighted by atomic mass is 10.0. The van der Waals surface area contributed by atoms with Crippen LogP contribution in [0, 0.1) is 17.0 Å². The van der Waals surface area contributed by atoms with Crippen molar-refractivity contribution in [2.45, 2.75) is 45.7 Å². The van der Waals surface area contributed by atoms with Gasteiger partial charge in [-0.2, -0.15) is 0 Å². The fourth-order valence-corrected chi connectivity index (χ4v) is 5.54. The Morgan fingerprint density at radius 1 is 1.05 bits per heavy atom. The molecule has 0 aliphatic heterocycles. The minimum absolute atomic E-state index is 0.00440. The molecule has 1 atom stereocenters. The predicted octanol–water partition coefficient (Wildman–Crippen LogP) is 4.88. The lowest BCUT2D eigenvalue weighted by molar-refractivity contribution is -0.384. The Morgan fingerprint density at radius 3 is 2.33 bits per heavy atom. The van der Waals surface area contributed by atoms with Crippen LogP contribution in [0.2, 0.25) is 5.02 Å². The average molecular weight is 615 g/mol. The van der Waals surface area contributed by atoms with Gasteiger partial charge >= 0.3 is 0 Å². The van der Waals surface area contributed by atoms with Crippen LogP contribution in [0.15, 0.2) is 72.8 Å². The second-order valence-corrected chi connectivity index (χ2v) is 12.3. The molecular formula is C30H35ClN4O6S. The molecule has 0 spiro atoms. The van der Waals surface area contributed by atoms with E-state index in [2.05, 4.69) is 5.32 Å². The summed E-state index contributed by atoms with van der Waals surface area (Å²) in [7, 11) is -4.08. The van der Waals surface area contributed by atoms with Gasteiger partial charge in [0.2, 0.25) is 21.8 Å². The van der Waals surface area contributed by atoms with Crippen molar-refractivity contribution in [1.29, 1.82) is 0 Å². The summed E-state index contributed by atoms with van der Waals surface area (Å²) < 4.78 is 26.8. The molecule has 1 N–H and O–H groups in total. The van der Waals surface area contributed by atoms with Gasteiger partial charge < -0.3 is 10.2 Å². The van der Waals surface area contributed by atoms with E-state index in [4.69, 9.17) is 11.6 Å². The van der Waals surface area contributed by atoms with Gasteiger partial charge in [-0.05, 0) is 36.1 Å². The first-order chi connectivity index (χ1) is 19.9. The first-order valence-corrected chi connectivity index (χ1v) is 15.7. The Hall–Kier alpha value is -3.96. The fraction of sp³-hybridized carbons (Fsp3) is 0.333. The highest BCUT2D eigenvalue weighted by atomic mass is 35.5. The molecule has 1 unspecified atom stereocenters. The summed E-state index contributed by atoms with van der Waals surface area (Å²) in [5.41, 5.74) is 1.49. The summed E-state index contributed by atoms with van der Waals surface area (Å²) in [4.78, 5) is 39.9. The first-order valence-electron chi connectivity index (χ1n) is 13.5. The molecule has 0 aliphatic rings. The number of non-ortho nitro benzene ring substituents is 1. The van der Waals surface area contributed by atoms with Crippen LogP contribution in [0.4, 0.5) is 11.4 Å². The van der Waals surface area contributed by atoms with Crippen LogP contribution in [0.1, 0.15) is 36.5 Å². The van der Waals surface area contributed by atoms with Crippen LogP contribution in [0.25, 0.3) is 0 Å². The zero-order valence-electron chi connectivity index (χ0n) is 23.8. The third-order valence-corrected chi connectivity index (χ3v) is 8.25. The number of nitro benzene ring substituents is 1. The SMILES string of the molecule is CCCCNC(=O)C(Cc1ccccc1)N(Cc1ccccc1Cl)C(=O)CN(c1cc([N+](=O)[O-])ccc1C)S(C)(=O)=O. The largest absolute Gasteiger partial charge is 0.354 e. The third-order valence-electron chi connectivity index (χ3n) is 6.75. The number of benzene rings is 3. The molecule has 224 valence electrons. The standard InChI is InChI=1S/C30H35ClN4O6S/c1-4-5-17-32-30(37)28(18-23-11-7-6-8-12-23)33(20-24-13-9-10-14-26(24)31)29(36)21-34(42(3,40)41)27-19-25(35(38)39)16-15-22(27)2/h6-16,19,28H,4-5,17-18,20-21H2,1-3H3,(H,32,37). The van der Waals surface area contributed by atoms with Gasteiger partial charge in [-0.15, -0.1) is 0 Å². The number of carbonyl (C=O) groups is 2. The van der Waals surface area contributed by atoms with Crippen molar-refractivity contribution in [2.75, 3.05) is 23.7 Å². The van der Waals surface area contributed by atoms with E-state index >= 15 is 0 Å². The van der Waals surface area contributed by atoms with Gasteiger partial charge in [-0.25, -0.2) is 8.42 Å². The van der Waals surface area contributed by atoms with Gasteiger partial charge in [0.15, 0.2) is 0 Å². The maximum Gasteiger partial charge on any atom is 0.271 e. The molecule has 0 radical (unpaired) electrons. The number of nitrogens with one attached hydrogen (secondary N) is 1. The Balaban J connectivity index is 2.10. The Kier molecular flexibility index (Phi) is 11.5. The molecule has 0 aromatic heterocycles. The second kappa shape index (κ2) is 14.8. The molecule has 42 heavy (non-hydrogen) atoms. The lowest BCUT2D eigenvalue weighted by Crippen LogP contribution is -2.53. The van der Waals surface area contributed by atoms with Crippen LogP contribution in [0.5, 0.6) is 0 Å². The maximum absolute atomic E-state index is 14.1. The van der Waals surface area contributed by atoms with E-state index in [0.717, 1.165) is 35.0 Å². The van der Waals surface area contributed by atoms with Gasteiger partial charge in [0.25, 0.3) is 5.69 Å². The number of aryl methyl sites for hydroxylation is 1. The zero-order valence-corrected chi connectivity index (χ0v) is 25.4. The van der Waals surface area contributed by atoms with E-state index in [1.165, 1.54) is 17.0 Å². The Bertz CT molecular complexity index is 1520. The highest BCUT2D eigenvalue weighted by Gasteiger charge is 2.34. The van der Waals surface area contributed by atoms with Gasteiger partial charge in [-0.3, -0.25) is 24.0 Å². The number of unbranched alkanes of at least 4 members (excludes halogenated alkanes) is 1. The summed E-state index contributed by atoms with van der Waals surface area (Å²) in [6, 6.07) is 18.9. The topological polar surface area (TPSA) is 130 Å². The van der Waals surface area contributed by atoms with E-state index < -0.39 is 33.4 Å². The summed E-state index contributed by atoms with van der Waals surface area (Å²) in [5.74, 6) is -1.05. The van der Waals surface area contributed by atoms with Crippen LogP contribution in [-0.4, -0.2) is 55.4 Å². The summed E-state index contributed by atoms with van der Waals surface area (Å²) in [6.07, 6.45) is 2.70. The molecule has 0 fully saturated rings. The molecule has 0 saturated carbocycles. The normalized spacial score (nSPS) is 11.9. The Labute approximate surface area is 251 Å². The molecule has 3 aromatic rings. The number of rotatable bonds is 14. The van der Waals surface area contributed by atoms with Crippen molar-refractivity contribution in [3.05, 3.63) is 105 Å². The van der Waals surface area contributed by atoms with Crippen molar-refractivity contribution in [3.63, 3.8) is 0 Å². The van der Waals surface area contributed by atoms with E-state index in [0.29, 0.717) is 22.7 Å². The number of hydrogen-bond acceptors (Lipinski definition) is 6. The number of amides is 2. The number of sulfonamides is 1. The predicted molar refractivity (Wildman–Crippen MR) is 164 cm³/mol. The maximum atomic E-state index is 14.1. The molecule has 0 aliphatic carbocycles. The second-order valence-electron chi connectivity index (χ2n) is 9.96.